The second-order valence-electron chi connectivity index (χ2n) is 5.67. The number of fused-ring (bicyclic) bond motifs is 1. The second kappa shape index (κ2) is 7.44. The van der Waals surface area contributed by atoms with Crippen LogP contribution >= 0.6 is 0 Å². The number of benzene rings is 1. The molecule has 20 heavy (non-hydrogen) atoms. The lowest BCUT2D eigenvalue weighted by atomic mass is 9.88. The van der Waals surface area contributed by atoms with E-state index < -0.39 is 0 Å². The number of carbonyl (C=O) groups excluding carboxylic acids is 1. The lowest BCUT2D eigenvalue weighted by molar-refractivity contribution is -0.121. The summed E-state index contributed by atoms with van der Waals surface area (Å²) in [5.74, 6) is 0.123. The summed E-state index contributed by atoms with van der Waals surface area (Å²) in [6.45, 7) is 4.66. The Balaban J connectivity index is 1.77. The van der Waals surface area contributed by atoms with Crippen LogP contribution in [0, 0.1) is 0 Å². The van der Waals surface area contributed by atoms with Crippen molar-refractivity contribution in [2.45, 2.75) is 58.0 Å². The third kappa shape index (κ3) is 4.07. The standard InChI is InChI=1S/C17H26N2O/c1-3-15(4-2)19-17(20)12-18-16-10-9-13-7-5-6-8-14(13)11-16/h5-8,15-16,18H,3-4,9-12H2,1-2H3,(H,19,20). The van der Waals surface area contributed by atoms with Gasteiger partial charge in [-0.3, -0.25) is 4.79 Å². The molecule has 2 rings (SSSR count). The molecule has 0 saturated carbocycles. The van der Waals surface area contributed by atoms with Gasteiger partial charge in [0.25, 0.3) is 0 Å². The highest BCUT2D eigenvalue weighted by molar-refractivity contribution is 5.78. The molecular weight excluding hydrogens is 248 g/mol. The van der Waals surface area contributed by atoms with Crippen molar-refractivity contribution in [3.05, 3.63) is 35.4 Å². The molecule has 1 atom stereocenters. The van der Waals surface area contributed by atoms with Crippen molar-refractivity contribution in [3.8, 4) is 0 Å². The van der Waals surface area contributed by atoms with Gasteiger partial charge in [0.15, 0.2) is 0 Å². The van der Waals surface area contributed by atoms with Gasteiger partial charge in [-0.05, 0) is 43.2 Å². The van der Waals surface area contributed by atoms with Crippen molar-refractivity contribution in [1.29, 1.82) is 0 Å². The number of carbonyl (C=O) groups is 1. The van der Waals surface area contributed by atoms with Crippen LogP contribution < -0.4 is 10.6 Å². The smallest absolute Gasteiger partial charge is 0.234 e. The third-order valence-electron chi connectivity index (χ3n) is 4.25. The predicted octanol–water partition coefficient (Wildman–Crippen LogP) is 2.44. The van der Waals surface area contributed by atoms with Gasteiger partial charge in [0.1, 0.15) is 0 Å². The van der Waals surface area contributed by atoms with Gasteiger partial charge in [-0.2, -0.15) is 0 Å². The summed E-state index contributed by atoms with van der Waals surface area (Å²) < 4.78 is 0. The molecule has 3 nitrogen and oxygen atoms in total. The summed E-state index contributed by atoms with van der Waals surface area (Å²) in [6, 6.07) is 9.36. The van der Waals surface area contributed by atoms with Crippen LogP contribution in [0.25, 0.3) is 0 Å². The molecule has 0 aromatic heterocycles. The van der Waals surface area contributed by atoms with Gasteiger partial charge in [0.2, 0.25) is 5.91 Å². The SMILES string of the molecule is CCC(CC)NC(=O)CNC1CCc2ccccc2C1. The van der Waals surface area contributed by atoms with E-state index in [1.54, 1.807) is 0 Å². The molecule has 0 radical (unpaired) electrons. The summed E-state index contributed by atoms with van der Waals surface area (Å²) in [5, 5.41) is 6.48. The highest BCUT2D eigenvalue weighted by Crippen LogP contribution is 2.20. The average molecular weight is 274 g/mol. The quantitative estimate of drug-likeness (QED) is 0.836. The first kappa shape index (κ1) is 15.0. The van der Waals surface area contributed by atoms with Crippen molar-refractivity contribution in [1.82, 2.24) is 10.6 Å². The minimum absolute atomic E-state index is 0.123. The van der Waals surface area contributed by atoms with E-state index in [1.165, 1.54) is 11.1 Å². The van der Waals surface area contributed by atoms with Crippen molar-refractivity contribution >= 4 is 5.91 Å². The Morgan fingerprint density at radius 1 is 1.25 bits per heavy atom. The van der Waals surface area contributed by atoms with E-state index >= 15 is 0 Å². The molecule has 1 aliphatic rings. The van der Waals surface area contributed by atoms with Crippen LogP contribution in [-0.2, 0) is 17.6 Å². The number of rotatable bonds is 6. The van der Waals surface area contributed by atoms with Gasteiger partial charge in [0.05, 0.1) is 6.54 Å². The molecule has 110 valence electrons. The van der Waals surface area contributed by atoms with E-state index in [0.29, 0.717) is 18.6 Å². The van der Waals surface area contributed by atoms with Crippen molar-refractivity contribution in [2.75, 3.05) is 6.54 Å². The molecule has 1 aromatic carbocycles. The van der Waals surface area contributed by atoms with Crippen LogP contribution in [0.5, 0.6) is 0 Å². The van der Waals surface area contributed by atoms with Crippen LogP contribution in [0.15, 0.2) is 24.3 Å². The molecule has 1 aromatic rings. The van der Waals surface area contributed by atoms with Crippen molar-refractivity contribution in [3.63, 3.8) is 0 Å². The summed E-state index contributed by atoms with van der Waals surface area (Å²) in [6.07, 6.45) is 5.27. The van der Waals surface area contributed by atoms with Crippen LogP contribution in [-0.4, -0.2) is 24.5 Å². The molecule has 1 unspecified atom stereocenters. The predicted molar refractivity (Wildman–Crippen MR) is 82.8 cm³/mol. The van der Waals surface area contributed by atoms with E-state index in [9.17, 15) is 4.79 Å². The Morgan fingerprint density at radius 3 is 2.65 bits per heavy atom. The zero-order valence-electron chi connectivity index (χ0n) is 12.6. The first-order valence-corrected chi connectivity index (χ1v) is 7.82. The topological polar surface area (TPSA) is 41.1 Å². The molecule has 1 aliphatic carbocycles. The molecule has 0 saturated heterocycles. The van der Waals surface area contributed by atoms with Crippen molar-refractivity contribution < 1.29 is 4.79 Å². The molecule has 0 spiro atoms. The van der Waals surface area contributed by atoms with Crippen LogP contribution in [0.2, 0.25) is 0 Å². The minimum atomic E-state index is 0.123. The molecule has 0 aliphatic heterocycles. The fraction of sp³-hybridized carbons (Fsp3) is 0.588. The molecule has 0 fully saturated rings. The maximum Gasteiger partial charge on any atom is 0.234 e. The zero-order chi connectivity index (χ0) is 14.4. The number of amides is 1. The number of aryl methyl sites for hydroxylation is 1. The van der Waals surface area contributed by atoms with E-state index in [4.69, 9.17) is 0 Å². The molecule has 0 heterocycles. The van der Waals surface area contributed by atoms with E-state index in [1.807, 2.05) is 0 Å². The lowest BCUT2D eigenvalue weighted by Gasteiger charge is -2.25. The monoisotopic (exact) mass is 274 g/mol. The largest absolute Gasteiger partial charge is 0.352 e. The highest BCUT2D eigenvalue weighted by atomic mass is 16.1. The van der Waals surface area contributed by atoms with Gasteiger partial charge < -0.3 is 10.6 Å². The Hall–Kier alpha value is -1.35. The van der Waals surface area contributed by atoms with Crippen molar-refractivity contribution in [2.24, 2.45) is 0 Å². The van der Waals surface area contributed by atoms with E-state index in [2.05, 4.69) is 48.7 Å². The summed E-state index contributed by atoms with van der Waals surface area (Å²) in [7, 11) is 0. The maximum absolute atomic E-state index is 11.9. The van der Waals surface area contributed by atoms with E-state index in [-0.39, 0.29) is 5.91 Å². The number of nitrogens with one attached hydrogen (secondary N) is 2. The first-order valence-electron chi connectivity index (χ1n) is 7.82. The van der Waals surface area contributed by atoms with Crippen LogP contribution in [0.1, 0.15) is 44.2 Å². The maximum atomic E-state index is 11.9. The van der Waals surface area contributed by atoms with Gasteiger partial charge in [-0.1, -0.05) is 38.1 Å². The van der Waals surface area contributed by atoms with Crippen LogP contribution in [0.3, 0.4) is 0 Å². The van der Waals surface area contributed by atoms with Gasteiger partial charge in [0, 0.05) is 12.1 Å². The Morgan fingerprint density at radius 2 is 1.95 bits per heavy atom. The molecular formula is C17H26N2O. The number of hydrogen-bond donors (Lipinski definition) is 2. The number of hydrogen-bond acceptors (Lipinski definition) is 2. The second-order valence-corrected chi connectivity index (χ2v) is 5.67. The van der Waals surface area contributed by atoms with Crippen LogP contribution in [0.4, 0.5) is 0 Å². The molecule has 1 amide bonds. The summed E-state index contributed by atoms with van der Waals surface area (Å²) in [5.41, 5.74) is 2.89. The first-order chi connectivity index (χ1) is 9.72. The highest BCUT2D eigenvalue weighted by Gasteiger charge is 2.18. The summed E-state index contributed by atoms with van der Waals surface area (Å²) >= 11 is 0. The Bertz CT molecular complexity index is 440. The fourth-order valence-electron chi connectivity index (χ4n) is 2.88. The Kier molecular flexibility index (Phi) is 5.60. The molecule has 3 heteroatoms. The average Bonchev–Trinajstić information content (AvgIpc) is 2.50. The Labute approximate surface area is 122 Å². The van der Waals surface area contributed by atoms with Gasteiger partial charge >= 0.3 is 0 Å². The summed E-state index contributed by atoms with van der Waals surface area (Å²) in [4.78, 5) is 11.9. The van der Waals surface area contributed by atoms with Gasteiger partial charge in [-0.15, -0.1) is 0 Å². The fourth-order valence-corrected chi connectivity index (χ4v) is 2.88. The molecule has 0 bridgehead atoms. The minimum Gasteiger partial charge on any atom is -0.352 e. The third-order valence-corrected chi connectivity index (χ3v) is 4.25. The normalized spacial score (nSPS) is 17.9. The molecule has 2 N–H and O–H groups in total. The van der Waals surface area contributed by atoms with E-state index in [0.717, 1.165) is 32.1 Å². The lowest BCUT2D eigenvalue weighted by Crippen LogP contribution is -2.44. The van der Waals surface area contributed by atoms with Gasteiger partial charge in [-0.25, -0.2) is 0 Å². The zero-order valence-corrected chi connectivity index (χ0v) is 12.6.